The van der Waals surface area contributed by atoms with Crippen LogP contribution in [0.15, 0.2) is 24.3 Å². The Bertz CT molecular complexity index is 867. The van der Waals surface area contributed by atoms with Crippen molar-refractivity contribution in [3.8, 4) is 0 Å². The average Bonchev–Trinajstić information content (AvgIpc) is 2.72. The number of rotatable bonds is 10. The van der Waals surface area contributed by atoms with Gasteiger partial charge in [-0.15, -0.1) is 0 Å². The van der Waals surface area contributed by atoms with Crippen molar-refractivity contribution in [2.45, 2.75) is 44.2 Å². The second kappa shape index (κ2) is 11.4. The molecule has 1 N–H and O–H groups in total. The number of thioether (sulfide) groups is 1. The number of alkyl halides is 1. The Morgan fingerprint density at radius 3 is 2.58 bits per heavy atom. The van der Waals surface area contributed by atoms with E-state index in [9.17, 15) is 24.5 Å². The molecule has 1 aromatic rings. The highest BCUT2D eigenvalue weighted by Crippen LogP contribution is 2.40. The number of ether oxygens (including phenoxy) is 1. The molecule has 1 aliphatic heterocycles. The fourth-order valence-corrected chi connectivity index (χ4v) is 4.94. The maximum Gasteiger partial charge on any atom is 0.345 e. The first-order valence-electron chi connectivity index (χ1n) is 9.45. The Morgan fingerprint density at radius 1 is 1.39 bits per heavy atom. The largest absolute Gasteiger partial charge is 0.458 e. The molecule has 0 radical (unpaired) electrons. The van der Waals surface area contributed by atoms with Crippen LogP contribution in [0.2, 0.25) is 0 Å². The van der Waals surface area contributed by atoms with Gasteiger partial charge in [-0.25, -0.2) is 4.79 Å². The second-order valence-corrected chi connectivity index (χ2v) is 9.12. The van der Waals surface area contributed by atoms with E-state index >= 15 is 0 Å². The van der Waals surface area contributed by atoms with Gasteiger partial charge < -0.3 is 15.0 Å². The zero-order valence-corrected chi connectivity index (χ0v) is 19.3. The summed E-state index contributed by atoms with van der Waals surface area (Å²) in [4.78, 5) is 47.3. The maximum atomic E-state index is 12.5. The molecule has 0 saturated carbocycles. The molecule has 1 fully saturated rings. The van der Waals surface area contributed by atoms with Crippen molar-refractivity contribution in [3.63, 3.8) is 0 Å². The molecule has 3 atom stereocenters. The van der Waals surface area contributed by atoms with E-state index < -0.39 is 21.8 Å². The first kappa shape index (κ1) is 25.0. The summed E-state index contributed by atoms with van der Waals surface area (Å²) in [6.45, 7) is 3.53. The number of esters is 1. The molecule has 0 spiro atoms. The van der Waals surface area contributed by atoms with Crippen molar-refractivity contribution in [1.29, 1.82) is 0 Å². The highest BCUT2D eigenvalue weighted by Gasteiger charge is 2.51. The smallest absolute Gasteiger partial charge is 0.345 e. The van der Waals surface area contributed by atoms with E-state index in [0.717, 1.165) is 0 Å². The Morgan fingerprint density at radius 2 is 2.03 bits per heavy atom. The predicted octanol–water partition coefficient (Wildman–Crippen LogP) is 2.98. The van der Waals surface area contributed by atoms with Crippen molar-refractivity contribution in [1.82, 2.24) is 10.2 Å². The van der Waals surface area contributed by atoms with Crippen LogP contribution in [0, 0.1) is 16.0 Å². The summed E-state index contributed by atoms with van der Waals surface area (Å²) in [7, 11) is 0. The summed E-state index contributed by atoms with van der Waals surface area (Å²) in [5, 5.41) is 13.0. The summed E-state index contributed by atoms with van der Waals surface area (Å²) in [6, 6.07) is 5.56. The number of carbonyl (C=O) groups excluding carboxylic acids is 3. The van der Waals surface area contributed by atoms with Crippen LogP contribution in [-0.2, 0) is 25.7 Å². The van der Waals surface area contributed by atoms with Gasteiger partial charge in [0.05, 0.1) is 20.4 Å². The van der Waals surface area contributed by atoms with Crippen LogP contribution in [-0.4, -0.2) is 49.2 Å². The number of nitrogens with one attached hydrogen (secondary N) is 1. The summed E-state index contributed by atoms with van der Waals surface area (Å²) in [5.74, 6) is -1.52. The number of likely N-dealkylation sites (tertiary alicyclic amines) is 1. The number of nitrogens with zero attached hydrogens (tertiary/aromatic N) is 2. The standard InChI is InChI=1S/C19H22ClN3O6S2/c1-3-14-17(25)22(18(14)31-15(30)8-9-21-11(2)24)16(20)19(26)29-10-12-4-6-13(7-5-12)23(27)28/h4-7,14,16,18H,3,8-10H2,1-2H3,(H,21,24). The molecule has 31 heavy (non-hydrogen) atoms. The first-order chi connectivity index (χ1) is 14.6. The number of carbonyl (C=O) groups is 3. The van der Waals surface area contributed by atoms with Crippen molar-refractivity contribution >= 4 is 63.2 Å². The van der Waals surface area contributed by atoms with Crippen LogP contribution < -0.4 is 5.32 Å². The lowest BCUT2D eigenvalue weighted by atomic mass is 9.95. The Hall–Kier alpha value is -2.24. The Balaban J connectivity index is 1.93. The summed E-state index contributed by atoms with van der Waals surface area (Å²) >= 11 is 12.8. The minimum atomic E-state index is -1.32. The predicted molar refractivity (Wildman–Crippen MR) is 120 cm³/mol. The van der Waals surface area contributed by atoms with Crippen LogP contribution in [0.25, 0.3) is 0 Å². The number of non-ortho nitro benzene ring substituents is 1. The molecule has 12 heteroatoms. The molecule has 2 rings (SSSR count). The summed E-state index contributed by atoms with van der Waals surface area (Å²) in [5.41, 5.74) is -0.838. The number of amides is 2. The average molecular weight is 488 g/mol. The number of nitro groups is 1. The quantitative estimate of drug-likeness (QED) is 0.102. The lowest BCUT2D eigenvalue weighted by Crippen LogP contribution is -2.63. The topological polar surface area (TPSA) is 119 Å². The van der Waals surface area contributed by atoms with Gasteiger partial charge in [-0.05, 0) is 24.1 Å². The van der Waals surface area contributed by atoms with Gasteiger partial charge in [0.15, 0.2) is 0 Å². The monoisotopic (exact) mass is 487 g/mol. The number of thiocarbonyl (C=S) groups is 1. The molecule has 0 aliphatic carbocycles. The highest BCUT2D eigenvalue weighted by atomic mass is 35.5. The van der Waals surface area contributed by atoms with E-state index in [4.69, 9.17) is 28.6 Å². The fourth-order valence-electron chi connectivity index (χ4n) is 2.89. The molecule has 3 unspecified atom stereocenters. The normalized spacial score (nSPS) is 18.7. The van der Waals surface area contributed by atoms with Gasteiger partial charge in [-0.1, -0.05) is 42.5 Å². The third-order valence-corrected chi connectivity index (χ3v) is 6.70. The van der Waals surface area contributed by atoms with Crippen LogP contribution in [0.5, 0.6) is 0 Å². The second-order valence-electron chi connectivity index (χ2n) is 6.74. The zero-order chi connectivity index (χ0) is 23.1. The number of β-lactam (4-membered cyclic amide) rings is 1. The van der Waals surface area contributed by atoms with Gasteiger partial charge in [-0.3, -0.25) is 19.7 Å². The van der Waals surface area contributed by atoms with Gasteiger partial charge in [0.1, 0.15) is 6.61 Å². The first-order valence-corrected chi connectivity index (χ1v) is 11.2. The van der Waals surface area contributed by atoms with Gasteiger partial charge in [0.2, 0.25) is 17.3 Å². The van der Waals surface area contributed by atoms with Crippen molar-refractivity contribution < 1.29 is 24.0 Å². The van der Waals surface area contributed by atoms with Crippen LogP contribution in [0.3, 0.4) is 0 Å². The third-order valence-electron chi connectivity index (χ3n) is 4.55. The molecule has 0 bridgehead atoms. The molecule has 2 amide bonds. The summed E-state index contributed by atoms with van der Waals surface area (Å²) < 4.78 is 5.78. The fraction of sp³-hybridized carbons (Fsp3) is 0.474. The highest BCUT2D eigenvalue weighted by molar-refractivity contribution is 8.23. The molecule has 168 valence electrons. The molecular formula is C19H22ClN3O6S2. The Kier molecular flexibility index (Phi) is 9.20. The van der Waals surface area contributed by atoms with Gasteiger partial charge in [0, 0.05) is 32.0 Å². The minimum absolute atomic E-state index is 0.0728. The molecular weight excluding hydrogens is 466 g/mol. The maximum absolute atomic E-state index is 12.5. The number of hydrogen-bond donors (Lipinski definition) is 1. The number of hydrogen-bond acceptors (Lipinski definition) is 8. The number of benzene rings is 1. The van der Waals surface area contributed by atoms with Gasteiger partial charge in [-0.2, -0.15) is 0 Å². The lowest BCUT2D eigenvalue weighted by Gasteiger charge is -2.47. The molecule has 1 saturated heterocycles. The van der Waals surface area contributed by atoms with Crippen LogP contribution in [0.1, 0.15) is 32.3 Å². The van der Waals surface area contributed by atoms with E-state index in [1.807, 2.05) is 6.92 Å². The van der Waals surface area contributed by atoms with E-state index in [1.54, 1.807) is 0 Å². The van der Waals surface area contributed by atoms with Crippen molar-refractivity contribution in [3.05, 3.63) is 39.9 Å². The zero-order valence-electron chi connectivity index (χ0n) is 16.9. The number of halogens is 1. The molecule has 1 heterocycles. The van der Waals surface area contributed by atoms with Crippen molar-refractivity contribution in [2.75, 3.05) is 6.54 Å². The Labute approximate surface area is 194 Å². The van der Waals surface area contributed by atoms with E-state index in [0.29, 0.717) is 29.1 Å². The van der Waals surface area contributed by atoms with Crippen LogP contribution >= 0.6 is 35.6 Å². The molecule has 1 aromatic carbocycles. The van der Waals surface area contributed by atoms with Crippen LogP contribution in [0.4, 0.5) is 5.69 Å². The number of nitro benzene ring substituents is 1. The minimum Gasteiger partial charge on any atom is -0.458 e. The van der Waals surface area contributed by atoms with Gasteiger partial charge in [0.25, 0.3) is 5.69 Å². The van der Waals surface area contributed by atoms with E-state index in [1.165, 1.54) is 47.9 Å². The molecule has 0 aromatic heterocycles. The molecule has 9 nitrogen and oxygen atoms in total. The molecule has 1 aliphatic rings. The van der Waals surface area contributed by atoms with Crippen molar-refractivity contribution in [2.24, 2.45) is 5.92 Å². The SMILES string of the molecule is CCC1C(=O)N(C(Cl)C(=O)OCc2ccc([N+](=O)[O-])cc2)C1SC(=S)CCNC(C)=O. The lowest BCUT2D eigenvalue weighted by molar-refractivity contribution is -0.384. The van der Waals surface area contributed by atoms with E-state index in [2.05, 4.69) is 5.32 Å². The third kappa shape index (κ3) is 6.62. The van der Waals surface area contributed by atoms with Gasteiger partial charge >= 0.3 is 5.97 Å². The van der Waals surface area contributed by atoms with E-state index in [-0.39, 0.29) is 30.0 Å². The summed E-state index contributed by atoms with van der Waals surface area (Å²) in [6.07, 6.45) is 1.02.